The number of carbonyl (C=O) groups excluding carboxylic acids is 1. The molecule has 1 saturated heterocycles. The van der Waals surface area contributed by atoms with Crippen LogP contribution in [-0.2, 0) is 14.8 Å². The summed E-state index contributed by atoms with van der Waals surface area (Å²) in [4.78, 5) is 14.9. The fraction of sp³-hybridized carbons (Fsp3) is 0.476. The van der Waals surface area contributed by atoms with E-state index in [1.54, 1.807) is 43.0 Å². The van der Waals surface area contributed by atoms with Gasteiger partial charge in [-0.15, -0.1) is 0 Å². The first-order chi connectivity index (χ1) is 14.7. The molecule has 1 aromatic carbocycles. The fourth-order valence-corrected chi connectivity index (χ4v) is 5.28. The molecule has 0 aliphatic carbocycles. The molecule has 1 aromatic heterocycles. The average molecular weight is 447 g/mol. The lowest BCUT2D eigenvalue weighted by molar-refractivity contribution is -0.141. The maximum absolute atomic E-state index is 13.2. The summed E-state index contributed by atoms with van der Waals surface area (Å²) in [6, 6.07) is 8.84. The van der Waals surface area contributed by atoms with Gasteiger partial charge in [-0.25, -0.2) is 8.42 Å². The maximum atomic E-state index is 13.2. The first-order valence-electron chi connectivity index (χ1n) is 10.0. The third-order valence-electron chi connectivity index (χ3n) is 5.23. The minimum Gasteiger partial charge on any atom is -0.479 e. The topological polar surface area (TPSA) is 117 Å². The van der Waals surface area contributed by atoms with Gasteiger partial charge >= 0.3 is 0 Å². The van der Waals surface area contributed by atoms with Crippen LogP contribution in [0.2, 0.25) is 0 Å². The van der Waals surface area contributed by atoms with Crippen LogP contribution in [0.15, 0.2) is 33.7 Å². The van der Waals surface area contributed by atoms with Gasteiger partial charge in [0.05, 0.1) is 5.56 Å². The number of carbonyl (C=O) groups is 1. The highest BCUT2D eigenvalue weighted by molar-refractivity contribution is 7.89. The molecule has 0 radical (unpaired) electrons. The van der Waals surface area contributed by atoms with Gasteiger partial charge in [0.15, 0.2) is 11.9 Å². The van der Waals surface area contributed by atoms with Crippen molar-refractivity contribution in [2.45, 2.75) is 38.7 Å². The van der Waals surface area contributed by atoms with Gasteiger partial charge in [-0.05, 0) is 31.9 Å². The number of amides is 1. The van der Waals surface area contributed by atoms with Crippen molar-refractivity contribution in [2.75, 3.05) is 26.2 Å². The lowest BCUT2D eigenvalue weighted by atomic mass is 10.1. The van der Waals surface area contributed by atoms with Gasteiger partial charge in [0.1, 0.15) is 22.4 Å². The SMILES string of the molecule is Cc1noc(C)c1S(=O)(=O)N1CCN(C(=O)C(Oc2ccccc2C#N)C(C)C)CC1. The number of rotatable bonds is 6. The predicted octanol–water partition coefficient (Wildman–Crippen LogP) is 2.10. The molecule has 2 aromatic rings. The van der Waals surface area contributed by atoms with Crippen molar-refractivity contribution in [2.24, 2.45) is 5.92 Å². The summed E-state index contributed by atoms with van der Waals surface area (Å²) in [5, 5.41) is 13.0. The molecule has 2 heterocycles. The molecule has 3 rings (SSSR count). The number of aromatic nitrogens is 1. The van der Waals surface area contributed by atoms with Crippen LogP contribution < -0.4 is 4.74 Å². The van der Waals surface area contributed by atoms with Crippen molar-refractivity contribution in [3.05, 3.63) is 41.3 Å². The van der Waals surface area contributed by atoms with Crippen LogP contribution >= 0.6 is 0 Å². The number of ether oxygens (including phenoxy) is 1. The van der Waals surface area contributed by atoms with E-state index >= 15 is 0 Å². The summed E-state index contributed by atoms with van der Waals surface area (Å²) < 4.78 is 38.3. The van der Waals surface area contributed by atoms with Gasteiger partial charge in [-0.1, -0.05) is 31.1 Å². The van der Waals surface area contributed by atoms with Crippen LogP contribution in [0.5, 0.6) is 5.75 Å². The second-order valence-electron chi connectivity index (χ2n) is 7.77. The van der Waals surface area contributed by atoms with Crippen LogP contribution in [0, 0.1) is 31.1 Å². The number of benzene rings is 1. The highest BCUT2D eigenvalue weighted by atomic mass is 32.2. The Kier molecular flexibility index (Phi) is 6.67. The van der Waals surface area contributed by atoms with E-state index in [1.165, 1.54) is 4.31 Å². The zero-order valence-electron chi connectivity index (χ0n) is 18.0. The van der Waals surface area contributed by atoms with Gasteiger partial charge in [0, 0.05) is 26.2 Å². The van der Waals surface area contributed by atoms with E-state index in [0.717, 1.165) is 0 Å². The first-order valence-corrected chi connectivity index (χ1v) is 11.5. The van der Waals surface area contributed by atoms with Gasteiger partial charge in [-0.2, -0.15) is 9.57 Å². The summed E-state index contributed by atoms with van der Waals surface area (Å²) >= 11 is 0. The summed E-state index contributed by atoms with van der Waals surface area (Å²) in [7, 11) is -3.75. The van der Waals surface area contributed by atoms with E-state index in [4.69, 9.17) is 9.26 Å². The molecule has 1 amide bonds. The first kappa shape index (κ1) is 22.8. The van der Waals surface area contributed by atoms with Crippen molar-refractivity contribution < 1.29 is 22.5 Å². The van der Waals surface area contributed by atoms with Gasteiger partial charge in [-0.3, -0.25) is 4.79 Å². The van der Waals surface area contributed by atoms with Crippen LogP contribution in [0.25, 0.3) is 0 Å². The summed E-state index contributed by atoms with van der Waals surface area (Å²) in [5.41, 5.74) is 0.678. The molecule has 0 bridgehead atoms. The molecule has 31 heavy (non-hydrogen) atoms. The summed E-state index contributed by atoms with van der Waals surface area (Å²) in [6.07, 6.45) is -0.778. The van der Waals surface area contributed by atoms with Gasteiger partial charge in [0.25, 0.3) is 5.91 Å². The largest absolute Gasteiger partial charge is 0.479 e. The van der Waals surface area contributed by atoms with Crippen molar-refractivity contribution >= 4 is 15.9 Å². The molecule has 0 spiro atoms. The minimum absolute atomic E-state index is 0.0868. The maximum Gasteiger partial charge on any atom is 0.264 e. The standard InChI is InChI=1S/C21H26N4O5S/c1-14(2)19(29-18-8-6-5-7-17(18)13-22)21(26)24-9-11-25(12-10-24)31(27,28)20-15(3)23-30-16(20)4/h5-8,14,19H,9-12H2,1-4H3. The highest BCUT2D eigenvalue weighted by Crippen LogP contribution is 2.25. The monoisotopic (exact) mass is 446 g/mol. The number of aryl methyl sites for hydroxylation is 2. The van der Waals surface area contributed by atoms with E-state index in [1.807, 2.05) is 13.8 Å². The fourth-order valence-electron chi connectivity index (χ4n) is 3.57. The molecule has 1 unspecified atom stereocenters. The van der Waals surface area contributed by atoms with Crippen LogP contribution in [0.3, 0.4) is 0 Å². The van der Waals surface area contributed by atoms with Crippen molar-refractivity contribution in [1.82, 2.24) is 14.4 Å². The van der Waals surface area contributed by atoms with Crippen LogP contribution in [0.4, 0.5) is 0 Å². The Balaban J connectivity index is 1.72. The predicted molar refractivity (Wildman–Crippen MR) is 112 cm³/mol. The Hall–Kier alpha value is -2.90. The summed E-state index contributed by atoms with van der Waals surface area (Å²) in [5.74, 6) is 0.248. The lowest BCUT2D eigenvalue weighted by Gasteiger charge is -2.36. The molecule has 0 N–H and O–H groups in total. The van der Waals surface area contributed by atoms with Crippen molar-refractivity contribution in [3.63, 3.8) is 0 Å². The van der Waals surface area contributed by atoms with E-state index in [0.29, 0.717) is 17.0 Å². The van der Waals surface area contributed by atoms with Gasteiger partial charge < -0.3 is 14.2 Å². The molecule has 166 valence electrons. The molecule has 1 aliphatic rings. The van der Waals surface area contributed by atoms with Gasteiger partial charge in [0.2, 0.25) is 10.0 Å². The molecule has 1 aliphatic heterocycles. The lowest BCUT2D eigenvalue weighted by Crippen LogP contribution is -2.54. The number of para-hydroxylation sites is 1. The molecule has 9 nitrogen and oxygen atoms in total. The normalized spacial score (nSPS) is 16.2. The second-order valence-corrected chi connectivity index (χ2v) is 9.65. The number of nitrogens with zero attached hydrogens (tertiary/aromatic N) is 4. The molecule has 1 atom stereocenters. The third-order valence-corrected chi connectivity index (χ3v) is 7.37. The Bertz CT molecular complexity index is 1080. The molecular weight excluding hydrogens is 420 g/mol. The van der Waals surface area contributed by atoms with Crippen LogP contribution in [-0.4, -0.2) is 61.0 Å². The Morgan fingerprint density at radius 1 is 1.19 bits per heavy atom. The number of sulfonamides is 1. The van der Waals surface area contributed by atoms with E-state index in [9.17, 15) is 18.5 Å². The molecular formula is C21H26N4O5S. The zero-order chi connectivity index (χ0) is 22.8. The van der Waals surface area contributed by atoms with Crippen LogP contribution in [0.1, 0.15) is 30.9 Å². The second kappa shape index (κ2) is 9.08. The number of hydrogen-bond acceptors (Lipinski definition) is 7. The Labute approximate surface area is 182 Å². The minimum atomic E-state index is -3.75. The third kappa shape index (κ3) is 4.57. The van der Waals surface area contributed by atoms with Crippen molar-refractivity contribution in [1.29, 1.82) is 5.26 Å². The molecule has 0 saturated carbocycles. The average Bonchev–Trinajstić information content (AvgIpc) is 3.10. The smallest absolute Gasteiger partial charge is 0.264 e. The number of piperazine rings is 1. The Morgan fingerprint density at radius 2 is 1.84 bits per heavy atom. The summed E-state index contributed by atoms with van der Waals surface area (Å²) in [6.45, 7) is 7.71. The number of hydrogen-bond donors (Lipinski definition) is 0. The zero-order valence-corrected chi connectivity index (χ0v) is 18.8. The van der Waals surface area contributed by atoms with E-state index in [2.05, 4.69) is 11.2 Å². The van der Waals surface area contributed by atoms with E-state index in [-0.39, 0.29) is 48.7 Å². The number of nitriles is 1. The van der Waals surface area contributed by atoms with Crippen molar-refractivity contribution in [3.8, 4) is 11.8 Å². The Morgan fingerprint density at radius 3 is 2.39 bits per heavy atom. The quantitative estimate of drug-likeness (QED) is 0.667. The highest BCUT2D eigenvalue weighted by Gasteiger charge is 2.37. The molecule has 1 fully saturated rings. The van der Waals surface area contributed by atoms with E-state index < -0.39 is 16.1 Å². The molecule has 10 heteroatoms.